The minimum absolute atomic E-state index is 0.294. The number of hydrogen-bond acceptors (Lipinski definition) is 4. The normalized spacial score (nSPS) is 13.0. The zero-order valence-electron chi connectivity index (χ0n) is 11.1. The molecular weight excluding hydrogens is 235 g/mol. The Morgan fingerprint density at radius 3 is 2.28 bits per heavy atom. The molecule has 4 nitrogen and oxygen atoms in total. The molecule has 0 bridgehead atoms. The molecule has 0 spiro atoms. The van der Waals surface area contributed by atoms with Crippen molar-refractivity contribution in [2.24, 2.45) is 5.84 Å². The van der Waals surface area contributed by atoms with E-state index in [0.29, 0.717) is 18.8 Å². The van der Waals surface area contributed by atoms with Gasteiger partial charge in [0.1, 0.15) is 5.82 Å². The molecule has 0 fully saturated rings. The lowest BCUT2D eigenvalue weighted by atomic mass is 10.0. The monoisotopic (exact) mass is 256 g/mol. The molecule has 0 heterocycles. The summed E-state index contributed by atoms with van der Waals surface area (Å²) in [7, 11) is 0. The number of rotatable bonds is 7. The summed E-state index contributed by atoms with van der Waals surface area (Å²) in [6, 6.07) is 4.36. The van der Waals surface area contributed by atoms with Gasteiger partial charge >= 0.3 is 0 Å². The number of nitrogens with one attached hydrogen (secondary N) is 1. The molecule has 0 saturated heterocycles. The molecule has 0 aliphatic heterocycles. The van der Waals surface area contributed by atoms with Crippen molar-refractivity contribution in [3.8, 4) is 0 Å². The van der Waals surface area contributed by atoms with Gasteiger partial charge in [-0.15, -0.1) is 0 Å². The van der Waals surface area contributed by atoms with Crippen LogP contribution in [0.4, 0.5) is 4.39 Å². The van der Waals surface area contributed by atoms with Gasteiger partial charge in [-0.3, -0.25) is 5.84 Å². The van der Waals surface area contributed by atoms with Crippen molar-refractivity contribution in [2.75, 3.05) is 13.2 Å². The maximum absolute atomic E-state index is 13.4. The first kappa shape index (κ1) is 15.0. The summed E-state index contributed by atoms with van der Waals surface area (Å²) in [5, 5.41) is 0. The van der Waals surface area contributed by atoms with Crippen LogP contribution in [0.15, 0.2) is 18.2 Å². The highest BCUT2D eigenvalue weighted by Gasteiger charge is 2.23. The summed E-state index contributed by atoms with van der Waals surface area (Å²) in [5.74, 6) is 5.24. The van der Waals surface area contributed by atoms with E-state index >= 15 is 0 Å². The van der Waals surface area contributed by atoms with E-state index in [-0.39, 0.29) is 5.82 Å². The molecule has 5 heteroatoms. The molecule has 0 aliphatic carbocycles. The standard InChI is InChI=1S/C13H21FN2O2/c1-4-17-13(18-5-2)12(16-15)10-6-9(3)7-11(14)8-10/h6-8,12-13,16H,4-5,15H2,1-3H3. The number of hydrogen-bond donors (Lipinski definition) is 2. The summed E-state index contributed by atoms with van der Waals surface area (Å²) in [4.78, 5) is 0. The average Bonchev–Trinajstić information content (AvgIpc) is 2.29. The topological polar surface area (TPSA) is 56.5 Å². The molecule has 1 aromatic rings. The van der Waals surface area contributed by atoms with E-state index in [1.54, 1.807) is 0 Å². The van der Waals surface area contributed by atoms with Crippen molar-refractivity contribution in [2.45, 2.75) is 33.1 Å². The van der Waals surface area contributed by atoms with Crippen LogP contribution >= 0.6 is 0 Å². The van der Waals surface area contributed by atoms with Crippen molar-refractivity contribution in [1.82, 2.24) is 5.43 Å². The van der Waals surface area contributed by atoms with Crippen LogP contribution in [0.25, 0.3) is 0 Å². The SMILES string of the molecule is CCOC(OCC)C(NN)c1cc(C)cc(F)c1. The van der Waals surface area contributed by atoms with Crippen LogP contribution in [0.3, 0.4) is 0 Å². The maximum Gasteiger partial charge on any atom is 0.178 e. The second kappa shape index (κ2) is 7.43. The predicted octanol–water partition coefficient (Wildman–Crippen LogP) is 2.04. The fourth-order valence-electron chi connectivity index (χ4n) is 1.85. The van der Waals surface area contributed by atoms with E-state index in [1.807, 2.05) is 26.8 Å². The first-order valence-corrected chi connectivity index (χ1v) is 6.08. The molecule has 0 aliphatic rings. The van der Waals surface area contributed by atoms with Gasteiger partial charge in [-0.2, -0.15) is 0 Å². The summed E-state index contributed by atoms with van der Waals surface area (Å²) in [6.45, 7) is 6.57. The van der Waals surface area contributed by atoms with Crippen LogP contribution in [0.5, 0.6) is 0 Å². The number of benzene rings is 1. The van der Waals surface area contributed by atoms with Crippen LogP contribution in [-0.2, 0) is 9.47 Å². The molecule has 0 aromatic heterocycles. The van der Waals surface area contributed by atoms with Crippen LogP contribution in [0.1, 0.15) is 31.0 Å². The average molecular weight is 256 g/mol. The first-order chi connectivity index (χ1) is 8.62. The van der Waals surface area contributed by atoms with Gasteiger partial charge in [0.15, 0.2) is 6.29 Å². The minimum Gasteiger partial charge on any atom is -0.351 e. The van der Waals surface area contributed by atoms with Crippen LogP contribution in [0.2, 0.25) is 0 Å². The second-order valence-corrected chi connectivity index (χ2v) is 3.99. The summed E-state index contributed by atoms with van der Waals surface area (Å²) >= 11 is 0. The summed E-state index contributed by atoms with van der Waals surface area (Å²) in [5.41, 5.74) is 4.17. The van der Waals surface area contributed by atoms with E-state index < -0.39 is 12.3 Å². The van der Waals surface area contributed by atoms with E-state index in [2.05, 4.69) is 5.43 Å². The largest absolute Gasteiger partial charge is 0.351 e. The third-order valence-electron chi connectivity index (χ3n) is 2.54. The molecule has 102 valence electrons. The molecule has 1 rings (SSSR count). The lowest BCUT2D eigenvalue weighted by Crippen LogP contribution is -2.39. The van der Waals surface area contributed by atoms with Gasteiger partial charge in [0.25, 0.3) is 0 Å². The lowest BCUT2D eigenvalue weighted by Gasteiger charge is -2.26. The Labute approximate surface area is 107 Å². The Kier molecular flexibility index (Phi) is 6.21. The molecular formula is C13H21FN2O2. The summed E-state index contributed by atoms with van der Waals surface area (Å²) < 4.78 is 24.4. The molecule has 0 amide bonds. The van der Waals surface area contributed by atoms with Gasteiger partial charge in [-0.1, -0.05) is 6.07 Å². The molecule has 0 saturated carbocycles. The van der Waals surface area contributed by atoms with Gasteiger partial charge in [0, 0.05) is 13.2 Å². The Bertz CT molecular complexity index is 348. The predicted molar refractivity (Wildman–Crippen MR) is 68.2 cm³/mol. The van der Waals surface area contributed by atoms with Crippen molar-refractivity contribution < 1.29 is 13.9 Å². The fraction of sp³-hybridized carbons (Fsp3) is 0.538. The van der Waals surface area contributed by atoms with Crippen molar-refractivity contribution in [1.29, 1.82) is 0 Å². The summed E-state index contributed by atoms with van der Waals surface area (Å²) in [6.07, 6.45) is -0.536. The molecule has 1 atom stereocenters. The maximum atomic E-state index is 13.4. The van der Waals surface area contributed by atoms with Crippen LogP contribution in [-0.4, -0.2) is 19.5 Å². The zero-order chi connectivity index (χ0) is 13.5. The highest BCUT2D eigenvalue weighted by atomic mass is 19.1. The van der Waals surface area contributed by atoms with E-state index in [9.17, 15) is 4.39 Å². The first-order valence-electron chi connectivity index (χ1n) is 6.08. The fourth-order valence-corrected chi connectivity index (χ4v) is 1.85. The van der Waals surface area contributed by atoms with Gasteiger partial charge in [0.2, 0.25) is 0 Å². The Hall–Kier alpha value is -1.01. The van der Waals surface area contributed by atoms with Gasteiger partial charge < -0.3 is 9.47 Å². The minimum atomic E-state index is -0.536. The van der Waals surface area contributed by atoms with Gasteiger partial charge in [0.05, 0.1) is 6.04 Å². The van der Waals surface area contributed by atoms with E-state index in [4.69, 9.17) is 15.3 Å². The number of aryl methyl sites for hydroxylation is 1. The second-order valence-electron chi connectivity index (χ2n) is 3.99. The number of ether oxygens (including phenoxy) is 2. The van der Waals surface area contributed by atoms with E-state index in [1.165, 1.54) is 12.1 Å². The van der Waals surface area contributed by atoms with Crippen molar-refractivity contribution in [3.05, 3.63) is 35.1 Å². The van der Waals surface area contributed by atoms with Crippen molar-refractivity contribution in [3.63, 3.8) is 0 Å². The Morgan fingerprint density at radius 1 is 1.22 bits per heavy atom. The third kappa shape index (κ3) is 4.03. The van der Waals surface area contributed by atoms with Crippen LogP contribution < -0.4 is 11.3 Å². The Morgan fingerprint density at radius 2 is 1.83 bits per heavy atom. The van der Waals surface area contributed by atoms with Gasteiger partial charge in [-0.25, -0.2) is 9.82 Å². The van der Waals surface area contributed by atoms with E-state index in [0.717, 1.165) is 5.56 Å². The number of halogens is 1. The highest BCUT2D eigenvalue weighted by Crippen LogP contribution is 2.22. The number of hydrazine groups is 1. The zero-order valence-corrected chi connectivity index (χ0v) is 11.1. The smallest absolute Gasteiger partial charge is 0.178 e. The van der Waals surface area contributed by atoms with Crippen molar-refractivity contribution >= 4 is 0 Å². The molecule has 1 aromatic carbocycles. The molecule has 18 heavy (non-hydrogen) atoms. The molecule has 1 unspecified atom stereocenters. The molecule has 0 radical (unpaired) electrons. The third-order valence-corrected chi connectivity index (χ3v) is 2.54. The lowest BCUT2D eigenvalue weighted by molar-refractivity contribution is -0.155. The van der Waals surface area contributed by atoms with Crippen LogP contribution in [0, 0.1) is 12.7 Å². The Balaban J connectivity index is 2.97. The quantitative estimate of drug-likeness (QED) is 0.445. The number of nitrogens with two attached hydrogens (primary N) is 1. The molecule has 3 N–H and O–H groups in total. The highest BCUT2D eigenvalue weighted by molar-refractivity contribution is 5.26. The van der Waals surface area contributed by atoms with Gasteiger partial charge in [-0.05, 0) is 44.0 Å².